The monoisotopic (exact) mass is 496 g/mol. The molecule has 0 bridgehead atoms. The summed E-state index contributed by atoms with van der Waals surface area (Å²) in [6.07, 6.45) is 7.09. The van der Waals surface area contributed by atoms with E-state index in [1.165, 1.54) is 12.5 Å². The second kappa shape index (κ2) is 10.2. The number of carbonyl (C=O) groups excluding carboxylic acids is 2. The minimum Gasteiger partial charge on any atom is -0.465 e. The number of Topliss-reactive ketones (excluding diaryl/α,β-unsaturated/α-hetero) is 1. The lowest BCUT2D eigenvalue weighted by Crippen LogP contribution is -2.40. The van der Waals surface area contributed by atoms with Crippen LogP contribution < -0.4 is 0 Å². The van der Waals surface area contributed by atoms with Gasteiger partial charge in [0.2, 0.25) is 0 Å². The molecule has 2 aromatic heterocycles. The fourth-order valence-electron chi connectivity index (χ4n) is 5.36. The largest absolute Gasteiger partial charge is 0.465 e. The maximum atomic E-state index is 12.9. The standard InChI is InChI=1S/C30H32N4O3/c1-4-6-12-22-13-23-15-30(20(3)35,29(36)37-5-2)16-24(23)14-25(22)26-27-28(32-18-31-26)34(19-33-27)17-21-10-8-7-9-11-21/h7-11,13-14,18-19H,4-6,12,15-17H2,1-3H3. The molecule has 7 nitrogen and oxygen atoms in total. The summed E-state index contributed by atoms with van der Waals surface area (Å²) in [7, 11) is 0. The van der Waals surface area contributed by atoms with Gasteiger partial charge in [-0.2, -0.15) is 0 Å². The van der Waals surface area contributed by atoms with Crippen LogP contribution in [0.4, 0.5) is 0 Å². The molecule has 1 aliphatic carbocycles. The Kier molecular flexibility index (Phi) is 6.87. The summed E-state index contributed by atoms with van der Waals surface area (Å²) in [5.74, 6) is -0.581. The van der Waals surface area contributed by atoms with Crippen LogP contribution in [0.15, 0.2) is 55.1 Å². The minimum atomic E-state index is -1.16. The van der Waals surface area contributed by atoms with Gasteiger partial charge in [0.15, 0.2) is 5.65 Å². The Morgan fingerprint density at radius 1 is 1.03 bits per heavy atom. The summed E-state index contributed by atoms with van der Waals surface area (Å²) in [5, 5.41) is 0. The average Bonchev–Trinajstić information content (AvgIpc) is 3.49. The molecule has 37 heavy (non-hydrogen) atoms. The molecule has 0 saturated heterocycles. The Morgan fingerprint density at radius 2 is 1.78 bits per heavy atom. The molecule has 7 heteroatoms. The summed E-state index contributed by atoms with van der Waals surface area (Å²) in [6, 6.07) is 14.5. The van der Waals surface area contributed by atoms with Gasteiger partial charge in [-0.1, -0.05) is 49.7 Å². The second-order valence-electron chi connectivity index (χ2n) is 9.85. The van der Waals surface area contributed by atoms with E-state index in [2.05, 4.69) is 41.2 Å². The SMILES string of the molecule is CCCCc1cc2c(cc1-c1ncnc3c1ncn3Cc1ccccc1)CC(C(C)=O)(C(=O)OCC)C2. The summed E-state index contributed by atoms with van der Waals surface area (Å²) >= 11 is 0. The summed E-state index contributed by atoms with van der Waals surface area (Å²) < 4.78 is 7.39. The highest BCUT2D eigenvalue weighted by molar-refractivity contribution is 6.04. The highest BCUT2D eigenvalue weighted by atomic mass is 16.5. The van der Waals surface area contributed by atoms with Crippen molar-refractivity contribution in [3.8, 4) is 11.3 Å². The number of fused-ring (bicyclic) bond motifs is 2. The fraction of sp³-hybridized carbons (Fsp3) is 0.367. The quantitative estimate of drug-likeness (QED) is 0.236. The number of hydrogen-bond acceptors (Lipinski definition) is 6. The van der Waals surface area contributed by atoms with Gasteiger partial charge in [0.25, 0.3) is 0 Å². The first kappa shape index (κ1) is 24.8. The molecule has 0 aliphatic heterocycles. The molecule has 0 N–H and O–H groups in total. The molecule has 2 aromatic carbocycles. The highest BCUT2D eigenvalue weighted by Gasteiger charge is 2.49. The highest BCUT2D eigenvalue weighted by Crippen LogP contribution is 2.42. The lowest BCUT2D eigenvalue weighted by molar-refractivity contribution is -0.159. The van der Waals surface area contributed by atoms with Crippen molar-refractivity contribution in [3.05, 3.63) is 77.4 Å². The normalized spacial score (nSPS) is 16.6. The number of hydrogen-bond donors (Lipinski definition) is 0. The zero-order chi connectivity index (χ0) is 26.0. The molecule has 190 valence electrons. The van der Waals surface area contributed by atoms with Crippen LogP contribution >= 0.6 is 0 Å². The van der Waals surface area contributed by atoms with Crippen LogP contribution in [0.5, 0.6) is 0 Å². The third kappa shape index (κ3) is 4.54. The Balaban J connectivity index is 1.59. The molecule has 2 heterocycles. The third-order valence-electron chi connectivity index (χ3n) is 7.40. The van der Waals surface area contributed by atoms with E-state index in [1.807, 2.05) is 29.1 Å². The third-order valence-corrected chi connectivity index (χ3v) is 7.40. The lowest BCUT2D eigenvalue weighted by atomic mass is 9.81. The first-order valence-corrected chi connectivity index (χ1v) is 13.0. The smallest absolute Gasteiger partial charge is 0.320 e. The summed E-state index contributed by atoms with van der Waals surface area (Å²) in [6.45, 7) is 6.35. The average molecular weight is 497 g/mol. The van der Waals surface area contributed by atoms with Crippen LogP contribution in [0, 0.1) is 5.41 Å². The van der Waals surface area contributed by atoms with E-state index in [0.717, 1.165) is 58.4 Å². The topological polar surface area (TPSA) is 87.0 Å². The van der Waals surface area contributed by atoms with Crippen molar-refractivity contribution < 1.29 is 14.3 Å². The molecule has 1 unspecified atom stereocenters. The predicted octanol–water partition coefficient (Wildman–Crippen LogP) is 5.12. The van der Waals surface area contributed by atoms with Crippen LogP contribution in [0.1, 0.15) is 55.9 Å². The van der Waals surface area contributed by atoms with Gasteiger partial charge < -0.3 is 9.30 Å². The van der Waals surface area contributed by atoms with Gasteiger partial charge in [-0.05, 0) is 67.9 Å². The van der Waals surface area contributed by atoms with Crippen molar-refractivity contribution in [3.63, 3.8) is 0 Å². The summed E-state index contributed by atoms with van der Waals surface area (Å²) in [4.78, 5) is 39.7. The summed E-state index contributed by atoms with van der Waals surface area (Å²) in [5.41, 5.74) is 6.50. The van der Waals surface area contributed by atoms with E-state index < -0.39 is 11.4 Å². The van der Waals surface area contributed by atoms with Crippen molar-refractivity contribution in [2.75, 3.05) is 6.61 Å². The van der Waals surface area contributed by atoms with Crippen LogP contribution in [0.3, 0.4) is 0 Å². The van der Waals surface area contributed by atoms with Gasteiger partial charge in [-0.15, -0.1) is 0 Å². The van der Waals surface area contributed by atoms with Crippen LogP contribution in [0.2, 0.25) is 0 Å². The van der Waals surface area contributed by atoms with Crippen molar-refractivity contribution in [1.82, 2.24) is 19.5 Å². The van der Waals surface area contributed by atoms with Crippen molar-refractivity contribution in [2.24, 2.45) is 5.41 Å². The molecule has 0 amide bonds. The number of ketones is 1. The number of carbonyl (C=O) groups is 2. The molecule has 1 aliphatic rings. The van der Waals surface area contributed by atoms with E-state index in [-0.39, 0.29) is 12.4 Å². The van der Waals surface area contributed by atoms with E-state index in [9.17, 15) is 9.59 Å². The molecule has 4 aromatic rings. The maximum absolute atomic E-state index is 12.9. The number of aromatic nitrogens is 4. The number of unbranched alkanes of at least 4 members (excludes halogenated alkanes) is 1. The van der Waals surface area contributed by atoms with Gasteiger partial charge >= 0.3 is 5.97 Å². The molecule has 0 spiro atoms. The molecular formula is C30H32N4O3. The number of ether oxygens (including phenoxy) is 1. The van der Waals surface area contributed by atoms with Crippen molar-refractivity contribution in [1.29, 1.82) is 0 Å². The Morgan fingerprint density at radius 3 is 2.49 bits per heavy atom. The van der Waals surface area contributed by atoms with Gasteiger partial charge in [-0.3, -0.25) is 9.59 Å². The van der Waals surface area contributed by atoms with E-state index >= 15 is 0 Å². The van der Waals surface area contributed by atoms with Crippen molar-refractivity contribution >= 4 is 22.9 Å². The van der Waals surface area contributed by atoms with Crippen LogP contribution in [-0.4, -0.2) is 37.9 Å². The number of imidazole rings is 1. The first-order chi connectivity index (χ1) is 18.0. The number of nitrogens with zero attached hydrogens (tertiary/aromatic N) is 4. The zero-order valence-corrected chi connectivity index (χ0v) is 21.7. The van der Waals surface area contributed by atoms with Crippen LogP contribution in [-0.2, 0) is 40.1 Å². The van der Waals surface area contributed by atoms with Crippen LogP contribution in [0.25, 0.3) is 22.4 Å². The van der Waals surface area contributed by atoms with E-state index in [1.54, 1.807) is 13.3 Å². The molecular weight excluding hydrogens is 464 g/mol. The fourth-order valence-corrected chi connectivity index (χ4v) is 5.36. The van der Waals surface area contributed by atoms with Gasteiger partial charge in [0.1, 0.15) is 28.7 Å². The van der Waals surface area contributed by atoms with Gasteiger partial charge in [-0.25, -0.2) is 15.0 Å². The second-order valence-corrected chi connectivity index (χ2v) is 9.85. The Hall–Kier alpha value is -3.87. The number of benzene rings is 2. The maximum Gasteiger partial charge on any atom is 0.320 e. The number of rotatable bonds is 9. The molecule has 0 fully saturated rings. The molecule has 1 atom stereocenters. The first-order valence-electron chi connectivity index (χ1n) is 13.0. The number of aryl methyl sites for hydroxylation is 1. The predicted molar refractivity (Wildman–Crippen MR) is 142 cm³/mol. The van der Waals surface area contributed by atoms with Gasteiger partial charge in [0.05, 0.1) is 19.5 Å². The van der Waals surface area contributed by atoms with Crippen molar-refractivity contribution in [2.45, 2.75) is 59.4 Å². The Labute approximate surface area is 216 Å². The lowest BCUT2D eigenvalue weighted by Gasteiger charge is -2.23. The minimum absolute atomic E-state index is 0.150. The molecule has 0 saturated carbocycles. The van der Waals surface area contributed by atoms with Gasteiger partial charge in [0, 0.05) is 5.56 Å². The molecule has 5 rings (SSSR count). The number of esters is 1. The van der Waals surface area contributed by atoms with E-state index in [0.29, 0.717) is 19.4 Å². The molecule has 0 radical (unpaired) electrons. The van der Waals surface area contributed by atoms with E-state index in [4.69, 9.17) is 9.72 Å². The zero-order valence-electron chi connectivity index (χ0n) is 21.7. The Bertz CT molecular complexity index is 1460.